The number of hydrogen-bond acceptors (Lipinski definition) is 5. The lowest BCUT2D eigenvalue weighted by Gasteiger charge is -2.22. The number of nitrogens with zero attached hydrogens (tertiary/aromatic N) is 3. The summed E-state index contributed by atoms with van der Waals surface area (Å²) >= 11 is 7.23. The Balaban J connectivity index is 0.00000242. The Bertz CT molecular complexity index is 591. The van der Waals surface area contributed by atoms with Crippen LogP contribution >= 0.6 is 46.9 Å². The van der Waals surface area contributed by atoms with Crippen LogP contribution in [0.4, 0.5) is 0 Å². The second-order valence-corrected chi connectivity index (χ2v) is 6.18. The van der Waals surface area contributed by atoms with Crippen molar-refractivity contribution in [2.75, 3.05) is 20.6 Å². The van der Waals surface area contributed by atoms with Crippen molar-refractivity contribution in [1.29, 1.82) is 0 Å². The molecule has 0 bridgehead atoms. The van der Waals surface area contributed by atoms with Crippen molar-refractivity contribution >= 4 is 52.9 Å². The van der Waals surface area contributed by atoms with Gasteiger partial charge in [-0.05, 0) is 12.1 Å². The second-order valence-electron chi connectivity index (χ2n) is 4.43. The largest absolute Gasteiger partial charge is 0.386 e. The molecule has 0 radical (unpaired) electrons. The Hall–Kier alpha value is -0.840. The average Bonchev–Trinajstić information content (AvgIpc) is 3.10. The first-order valence-corrected chi connectivity index (χ1v) is 7.54. The summed E-state index contributed by atoms with van der Waals surface area (Å²) in [6.07, 6.45) is 0.906. The van der Waals surface area contributed by atoms with E-state index < -0.39 is 6.10 Å². The van der Waals surface area contributed by atoms with Gasteiger partial charge in [0.2, 0.25) is 0 Å². The smallest absolute Gasteiger partial charge is 0.193 e. The standard InChI is InChI=1S/C13H17ClN4O2S.HI/c1-15-13(18(2)8-9-5-6-20-17-9)16-7-10(19)11-3-4-12(14)21-11;/h3-6,10,19H,7-8H2,1-2H3,(H,15,16);1H. The number of aliphatic hydroxyl groups excluding tert-OH is 1. The van der Waals surface area contributed by atoms with Gasteiger partial charge in [0.15, 0.2) is 5.96 Å². The molecule has 0 amide bonds. The van der Waals surface area contributed by atoms with Crippen molar-refractivity contribution in [1.82, 2.24) is 15.4 Å². The van der Waals surface area contributed by atoms with Crippen LogP contribution in [0.25, 0.3) is 0 Å². The fourth-order valence-corrected chi connectivity index (χ4v) is 2.86. The van der Waals surface area contributed by atoms with Gasteiger partial charge in [-0.1, -0.05) is 16.8 Å². The number of rotatable bonds is 5. The highest BCUT2D eigenvalue weighted by Gasteiger charge is 2.13. The first-order valence-electron chi connectivity index (χ1n) is 6.34. The molecule has 1 unspecified atom stereocenters. The summed E-state index contributed by atoms with van der Waals surface area (Å²) in [6.45, 7) is 0.920. The summed E-state index contributed by atoms with van der Waals surface area (Å²) in [4.78, 5) is 6.89. The van der Waals surface area contributed by atoms with E-state index in [1.54, 1.807) is 19.2 Å². The molecule has 0 aliphatic rings. The summed E-state index contributed by atoms with van der Waals surface area (Å²) < 4.78 is 5.46. The molecule has 2 aromatic rings. The molecule has 6 nitrogen and oxygen atoms in total. The number of aliphatic imine (C=N–C) groups is 1. The van der Waals surface area contributed by atoms with Crippen molar-refractivity contribution < 1.29 is 9.63 Å². The highest BCUT2D eigenvalue weighted by Crippen LogP contribution is 2.26. The van der Waals surface area contributed by atoms with Gasteiger partial charge in [0.05, 0.1) is 10.9 Å². The van der Waals surface area contributed by atoms with Crippen LogP contribution in [0, 0.1) is 0 Å². The molecule has 0 saturated heterocycles. The molecule has 2 aromatic heterocycles. The molecule has 0 aliphatic carbocycles. The van der Waals surface area contributed by atoms with Crippen molar-refractivity contribution in [3.8, 4) is 0 Å². The van der Waals surface area contributed by atoms with E-state index in [0.29, 0.717) is 23.4 Å². The zero-order valence-corrected chi connectivity index (χ0v) is 16.1. The lowest BCUT2D eigenvalue weighted by Crippen LogP contribution is -2.40. The number of aliphatic hydroxyl groups is 1. The number of halogens is 2. The number of guanidine groups is 1. The minimum absolute atomic E-state index is 0. The van der Waals surface area contributed by atoms with Crippen LogP contribution in [0.15, 0.2) is 34.0 Å². The van der Waals surface area contributed by atoms with E-state index in [1.165, 1.54) is 17.6 Å². The zero-order chi connectivity index (χ0) is 15.2. The van der Waals surface area contributed by atoms with E-state index in [-0.39, 0.29) is 24.0 Å². The van der Waals surface area contributed by atoms with Crippen molar-refractivity contribution in [2.24, 2.45) is 4.99 Å². The Morgan fingerprint density at radius 3 is 2.86 bits per heavy atom. The summed E-state index contributed by atoms with van der Waals surface area (Å²) in [6, 6.07) is 5.39. The summed E-state index contributed by atoms with van der Waals surface area (Å²) in [5, 5.41) is 17.1. The SMILES string of the molecule is CN=C(NCC(O)c1ccc(Cl)s1)N(C)Cc1ccon1.I. The molecular formula is C13H18ClIN4O2S. The van der Waals surface area contributed by atoms with Crippen molar-refractivity contribution in [3.63, 3.8) is 0 Å². The van der Waals surface area contributed by atoms with Crippen molar-refractivity contribution in [2.45, 2.75) is 12.6 Å². The Labute approximate surface area is 155 Å². The Kier molecular flexibility index (Phi) is 8.15. The van der Waals surface area contributed by atoms with Crippen LogP contribution in [0.2, 0.25) is 4.34 Å². The molecular weight excluding hydrogens is 439 g/mol. The maximum atomic E-state index is 10.1. The molecule has 0 fully saturated rings. The van der Waals surface area contributed by atoms with Crippen LogP contribution in [-0.4, -0.2) is 41.8 Å². The average molecular weight is 457 g/mol. The number of hydrogen-bond donors (Lipinski definition) is 2. The van der Waals surface area contributed by atoms with E-state index in [2.05, 4.69) is 15.5 Å². The molecule has 1 atom stereocenters. The third-order valence-electron chi connectivity index (χ3n) is 2.84. The number of nitrogens with one attached hydrogen (secondary N) is 1. The minimum Gasteiger partial charge on any atom is -0.386 e. The normalized spacial score (nSPS) is 12.6. The van der Waals surface area contributed by atoms with Crippen LogP contribution < -0.4 is 5.32 Å². The molecule has 0 aromatic carbocycles. The van der Waals surface area contributed by atoms with E-state index in [0.717, 1.165) is 10.6 Å². The van der Waals surface area contributed by atoms with E-state index in [1.807, 2.05) is 18.0 Å². The topological polar surface area (TPSA) is 73.9 Å². The van der Waals surface area contributed by atoms with Gasteiger partial charge in [-0.15, -0.1) is 35.3 Å². The van der Waals surface area contributed by atoms with Crippen LogP contribution in [-0.2, 0) is 6.54 Å². The summed E-state index contributed by atoms with van der Waals surface area (Å²) in [5.74, 6) is 0.666. The van der Waals surface area contributed by atoms with E-state index in [9.17, 15) is 5.11 Å². The Morgan fingerprint density at radius 2 is 2.32 bits per heavy atom. The highest BCUT2D eigenvalue weighted by atomic mass is 127. The van der Waals surface area contributed by atoms with Gasteiger partial charge in [0.1, 0.15) is 18.1 Å². The van der Waals surface area contributed by atoms with Gasteiger partial charge >= 0.3 is 0 Å². The fraction of sp³-hybridized carbons (Fsp3) is 0.385. The highest BCUT2D eigenvalue weighted by molar-refractivity contribution is 14.0. The second kappa shape index (κ2) is 9.33. The lowest BCUT2D eigenvalue weighted by molar-refractivity contribution is 0.183. The maximum absolute atomic E-state index is 10.1. The van der Waals surface area contributed by atoms with Crippen LogP contribution in [0.5, 0.6) is 0 Å². The quantitative estimate of drug-likeness (QED) is 0.411. The molecule has 0 spiro atoms. The first kappa shape index (κ1) is 19.2. The van der Waals surface area contributed by atoms with Crippen LogP contribution in [0.1, 0.15) is 16.7 Å². The molecule has 0 saturated carbocycles. The van der Waals surface area contributed by atoms with Gasteiger partial charge in [0.25, 0.3) is 0 Å². The molecule has 22 heavy (non-hydrogen) atoms. The molecule has 2 rings (SSSR count). The van der Waals surface area contributed by atoms with Gasteiger partial charge in [-0.3, -0.25) is 4.99 Å². The van der Waals surface area contributed by atoms with Crippen LogP contribution in [0.3, 0.4) is 0 Å². The molecule has 122 valence electrons. The maximum Gasteiger partial charge on any atom is 0.193 e. The molecule has 0 aliphatic heterocycles. The predicted molar refractivity (Wildman–Crippen MR) is 99.0 cm³/mol. The van der Waals surface area contributed by atoms with Gasteiger partial charge < -0.3 is 19.8 Å². The minimum atomic E-state index is -0.625. The lowest BCUT2D eigenvalue weighted by atomic mass is 10.3. The van der Waals surface area contributed by atoms with Gasteiger partial charge in [-0.25, -0.2) is 0 Å². The monoisotopic (exact) mass is 456 g/mol. The number of thiophene rings is 1. The zero-order valence-electron chi connectivity index (χ0n) is 12.2. The Morgan fingerprint density at radius 1 is 1.55 bits per heavy atom. The third-order valence-corrected chi connectivity index (χ3v) is 4.17. The summed E-state index contributed by atoms with van der Waals surface area (Å²) in [7, 11) is 3.58. The third kappa shape index (κ3) is 5.41. The summed E-state index contributed by atoms with van der Waals surface area (Å²) in [5.41, 5.74) is 0.811. The van der Waals surface area contributed by atoms with Crippen molar-refractivity contribution in [3.05, 3.63) is 39.4 Å². The fourth-order valence-electron chi connectivity index (χ4n) is 1.82. The van der Waals surface area contributed by atoms with E-state index in [4.69, 9.17) is 16.1 Å². The van der Waals surface area contributed by atoms with E-state index >= 15 is 0 Å². The molecule has 9 heteroatoms. The first-order chi connectivity index (χ1) is 10.1. The predicted octanol–water partition coefficient (Wildman–Crippen LogP) is 2.75. The van der Waals surface area contributed by atoms with Gasteiger partial charge in [0, 0.05) is 31.6 Å². The van der Waals surface area contributed by atoms with Gasteiger partial charge in [-0.2, -0.15) is 0 Å². The molecule has 2 heterocycles. The molecule has 2 N–H and O–H groups in total. The number of aromatic nitrogens is 1.